The van der Waals surface area contributed by atoms with Crippen molar-refractivity contribution in [3.8, 4) is 5.75 Å². The Hall–Kier alpha value is -2.44. The maximum Gasteiger partial charge on any atom is 0.329 e. The molecule has 128 valence electrons. The zero-order valence-corrected chi connectivity index (χ0v) is 13.2. The fourth-order valence-electron chi connectivity index (χ4n) is 2.03. The number of halogens is 1. The summed E-state index contributed by atoms with van der Waals surface area (Å²) < 4.78 is 23.5. The van der Waals surface area contributed by atoms with Crippen molar-refractivity contribution in [2.75, 3.05) is 19.8 Å². The largest absolute Gasteiger partial charge is 0.489 e. The smallest absolute Gasteiger partial charge is 0.329 e. The van der Waals surface area contributed by atoms with E-state index in [2.05, 4.69) is 5.32 Å². The van der Waals surface area contributed by atoms with Gasteiger partial charge >= 0.3 is 5.97 Å². The molecule has 5 nitrogen and oxygen atoms in total. The van der Waals surface area contributed by atoms with E-state index in [-0.39, 0.29) is 12.4 Å². The van der Waals surface area contributed by atoms with Crippen LogP contribution in [0.4, 0.5) is 4.39 Å². The molecular weight excluding hydrogens is 313 g/mol. The predicted octanol–water partition coefficient (Wildman–Crippen LogP) is 2.60. The Kier molecular flexibility index (Phi) is 7.20. The first kappa shape index (κ1) is 17.9. The van der Waals surface area contributed by atoms with Gasteiger partial charge in [0.05, 0.1) is 6.61 Å². The number of hydrogen-bond donors (Lipinski definition) is 2. The highest BCUT2D eigenvalue weighted by Crippen LogP contribution is 2.15. The summed E-state index contributed by atoms with van der Waals surface area (Å²) in [5.74, 6) is -0.499. The van der Waals surface area contributed by atoms with E-state index in [0.29, 0.717) is 26.3 Å². The lowest BCUT2D eigenvalue weighted by atomic mass is 10.2. The molecule has 0 radical (unpaired) electrons. The minimum absolute atomic E-state index is 0.265. The molecule has 0 unspecified atom stereocenters. The first-order chi connectivity index (χ1) is 11.6. The molecule has 2 N–H and O–H groups in total. The van der Waals surface area contributed by atoms with Crippen molar-refractivity contribution in [2.45, 2.75) is 13.2 Å². The molecular formula is C18H20FNO4. The van der Waals surface area contributed by atoms with E-state index in [9.17, 15) is 9.18 Å². The molecule has 0 spiro atoms. The van der Waals surface area contributed by atoms with E-state index in [1.807, 2.05) is 24.3 Å². The monoisotopic (exact) mass is 333 g/mol. The van der Waals surface area contributed by atoms with Gasteiger partial charge in [-0.05, 0) is 35.4 Å². The molecule has 0 heterocycles. The fourth-order valence-corrected chi connectivity index (χ4v) is 2.03. The number of aliphatic carboxylic acids is 1. The zero-order valence-electron chi connectivity index (χ0n) is 13.2. The van der Waals surface area contributed by atoms with Gasteiger partial charge in [0, 0.05) is 13.1 Å². The predicted molar refractivity (Wildman–Crippen MR) is 87.3 cm³/mol. The van der Waals surface area contributed by atoms with Crippen molar-refractivity contribution in [1.29, 1.82) is 0 Å². The Morgan fingerprint density at radius 1 is 1.12 bits per heavy atom. The Bertz CT molecular complexity index is 646. The van der Waals surface area contributed by atoms with Crippen molar-refractivity contribution < 1.29 is 23.8 Å². The highest BCUT2D eigenvalue weighted by Gasteiger charge is 2.00. The Morgan fingerprint density at radius 3 is 2.67 bits per heavy atom. The van der Waals surface area contributed by atoms with Gasteiger partial charge in [-0.2, -0.15) is 0 Å². The van der Waals surface area contributed by atoms with Crippen LogP contribution in [0.3, 0.4) is 0 Å². The van der Waals surface area contributed by atoms with Crippen LogP contribution in [0.15, 0.2) is 48.5 Å². The number of carboxylic acid groups (broad SMARTS) is 1. The van der Waals surface area contributed by atoms with Gasteiger partial charge in [0.1, 0.15) is 24.8 Å². The van der Waals surface area contributed by atoms with Crippen molar-refractivity contribution in [3.05, 3.63) is 65.5 Å². The Morgan fingerprint density at radius 2 is 1.92 bits per heavy atom. The topological polar surface area (TPSA) is 67.8 Å². The number of rotatable bonds is 10. The third kappa shape index (κ3) is 6.76. The van der Waals surface area contributed by atoms with Gasteiger partial charge < -0.3 is 19.9 Å². The second kappa shape index (κ2) is 9.64. The van der Waals surface area contributed by atoms with Crippen LogP contribution < -0.4 is 10.1 Å². The minimum atomic E-state index is -0.971. The lowest BCUT2D eigenvalue weighted by molar-refractivity contribution is -0.142. The van der Waals surface area contributed by atoms with E-state index in [1.54, 1.807) is 12.1 Å². The molecule has 0 aliphatic heterocycles. The summed E-state index contributed by atoms with van der Waals surface area (Å²) in [7, 11) is 0. The van der Waals surface area contributed by atoms with E-state index in [1.165, 1.54) is 12.1 Å². The molecule has 0 saturated heterocycles. The van der Waals surface area contributed by atoms with E-state index >= 15 is 0 Å². The lowest BCUT2D eigenvalue weighted by Crippen LogP contribution is -2.20. The molecule has 0 aliphatic carbocycles. The minimum Gasteiger partial charge on any atom is -0.489 e. The molecule has 0 atom stereocenters. The molecule has 0 aromatic heterocycles. The van der Waals surface area contributed by atoms with Crippen molar-refractivity contribution in [3.63, 3.8) is 0 Å². The van der Waals surface area contributed by atoms with E-state index < -0.39 is 5.97 Å². The quantitative estimate of drug-likeness (QED) is 0.654. The maximum atomic E-state index is 12.9. The maximum absolute atomic E-state index is 12.9. The molecule has 2 aromatic rings. The molecule has 2 rings (SSSR count). The van der Waals surface area contributed by atoms with Crippen LogP contribution in [-0.2, 0) is 22.7 Å². The summed E-state index contributed by atoms with van der Waals surface area (Å²) in [5.41, 5.74) is 1.94. The van der Waals surface area contributed by atoms with Gasteiger partial charge in [-0.25, -0.2) is 9.18 Å². The Balaban J connectivity index is 1.72. The van der Waals surface area contributed by atoms with Gasteiger partial charge in [0.25, 0.3) is 0 Å². The van der Waals surface area contributed by atoms with Crippen LogP contribution in [-0.4, -0.2) is 30.8 Å². The van der Waals surface area contributed by atoms with Gasteiger partial charge in [-0.3, -0.25) is 0 Å². The fraction of sp³-hybridized carbons (Fsp3) is 0.278. The second-order valence-electron chi connectivity index (χ2n) is 5.19. The van der Waals surface area contributed by atoms with Crippen LogP contribution in [0.5, 0.6) is 5.75 Å². The van der Waals surface area contributed by atoms with Crippen LogP contribution in [0.25, 0.3) is 0 Å². The van der Waals surface area contributed by atoms with Crippen LogP contribution in [0, 0.1) is 5.82 Å². The lowest BCUT2D eigenvalue weighted by Gasteiger charge is -2.09. The molecule has 6 heteroatoms. The molecule has 0 aliphatic rings. The summed E-state index contributed by atoms with van der Waals surface area (Å²) in [6.45, 7) is 1.62. The average molecular weight is 333 g/mol. The molecule has 0 bridgehead atoms. The van der Waals surface area contributed by atoms with Gasteiger partial charge in [0.15, 0.2) is 0 Å². The third-order valence-electron chi connectivity index (χ3n) is 3.20. The van der Waals surface area contributed by atoms with E-state index in [0.717, 1.165) is 16.9 Å². The summed E-state index contributed by atoms with van der Waals surface area (Å²) in [4.78, 5) is 10.3. The summed E-state index contributed by atoms with van der Waals surface area (Å²) in [6, 6.07) is 13.9. The van der Waals surface area contributed by atoms with Gasteiger partial charge in [0.2, 0.25) is 0 Å². The molecule has 0 saturated carbocycles. The van der Waals surface area contributed by atoms with E-state index in [4.69, 9.17) is 14.6 Å². The Labute approximate surface area is 140 Å². The SMILES string of the molecule is O=C(O)COCCNCc1cccc(OCc2ccc(F)cc2)c1. The average Bonchev–Trinajstić information content (AvgIpc) is 2.58. The summed E-state index contributed by atoms with van der Waals surface area (Å²) >= 11 is 0. The van der Waals surface area contributed by atoms with Gasteiger partial charge in [-0.15, -0.1) is 0 Å². The highest BCUT2D eigenvalue weighted by atomic mass is 19.1. The zero-order chi connectivity index (χ0) is 17.2. The third-order valence-corrected chi connectivity index (χ3v) is 3.20. The first-order valence-corrected chi connectivity index (χ1v) is 7.60. The normalized spacial score (nSPS) is 10.5. The number of nitrogens with one attached hydrogen (secondary N) is 1. The van der Waals surface area contributed by atoms with Crippen molar-refractivity contribution in [1.82, 2.24) is 5.32 Å². The highest BCUT2D eigenvalue weighted by molar-refractivity contribution is 5.67. The molecule has 0 amide bonds. The van der Waals surface area contributed by atoms with Gasteiger partial charge in [-0.1, -0.05) is 24.3 Å². The van der Waals surface area contributed by atoms with Crippen LogP contribution >= 0.6 is 0 Å². The standard InChI is InChI=1S/C18H20FNO4/c19-16-6-4-14(5-7-16)12-24-17-3-1-2-15(10-17)11-20-8-9-23-13-18(21)22/h1-7,10,20H,8-9,11-13H2,(H,21,22). The van der Waals surface area contributed by atoms with Crippen LogP contribution in [0.1, 0.15) is 11.1 Å². The van der Waals surface area contributed by atoms with Crippen molar-refractivity contribution >= 4 is 5.97 Å². The summed E-state index contributed by atoms with van der Waals surface area (Å²) in [5, 5.41) is 11.6. The number of benzene rings is 2. The number of ether oxygens (including phenoxy) is 2. The second-order valence-corrected chi connectivity index (χ2v) is 5.19. The summed E-state index contributed by atoms with van der Waals surface area (Å²) in [6.07, 6.45) is 0. The van der Waals surface area contributed by atoms with Crippen molar-refractivity contribution in [2.24, 2.45) is 0 Å². The molecule has 2 aromatic carbocycles. The molecule has 24 heavy (non-hydrogen) atoms. The van der Waals surface area contributed by atoms with Crippen LogP contribution in [0.2, 0.25) is 0 Å². The number of carboxylic acids is 1. The first-order valence-electron chi connectivity index (χ1n) is 7.60. The number of hydrogen-bond acceptors (Lipinski definition) is 4. The number of carbonyl (C=O) groups is 1. The molecule has 0 fully saturated rings.